The number of likely N-dealkylation sites (tertiary alicyclic amines) is 2. The summed E-state index contributed by atoms with van der Waals surface area (Å²) in [6.45, 7) is 2.50. The fourth-order valence-electron chi connectivity index (χ4n) is 6.66. The van der Waals surface area contributed by atoms with Gasteiger partial charge in [-0.2, -0.15) is 0 Å². The van der Waals surface area contributed by atoms with Crippen LogP contribution in [0.4, 0.5) is 0 Å². The SMILES string of the molecule is CN1CCCC1Cc1ccc2c(c1)CC=C(c1ccc(C3=CC=C(C4CCCN4C)C3)cc1)C2. The van der Waals surface area contributed by atoms with Crippen LogP contribution in [0.1, 0.15) is 59.9 Å². The Morgan fingerprint density at radius 1 is 0.765 bits per heavy atom. The summed E-state index contributed by atoms with van der Waals surface area (Å²) in [6, 6.07) is 18.0. The van der Waals surface area contributed by atoms with Gasteiger partial charge in [0.25, 0.3) is 0 Å². The Bertz CT molecular complexity index is 1150. The van der Waals surface area contributed by atoms with Gasteiger partial charge in [-0.3, -0.25) is 4.90 Å². The van der Waals surface area contributed by atoms with E-state index < -0.39 is 0 Å². The second kappa shape index (κ2) is 9.32. The first kappa shape index (κ1) is 22.1. The zero-order chi connectivity index (χ0) is 23.1. The molecule has 2 aromatic carbocycles. The van der Waals surface area contributed by atoms with Crippen LogP contribution in [0.25, 0.3) is 11.1 Å². The summed E-state index contributed by atoms with van der Waals surface area (Å²) >= 11 is 0. The fraction of sp³-hybridized carbons (Fsp3) is 0.438. The smallest absolute Gasteiger partial charge is 0.0311 e. The average Bonchev–Trinajstić information content (AvgIpc) is 3.61. The highest BCUT2D eigenvalue weighted by Gasteiger charge is 2.27. The van der Waals surface area contributed by atoms with Gasteiger partial charge in [-0.1, -0.05) is 60.7 Å². The minimum absolute atomic E-state index is 0.653. The molecule has 34 heavy (non-hydrogen) atoms. The summed E-state index contributed by atoms with van der Waals surface area (Å²) in [6.07, 6.45) is 17.0. The molecule has 2 atom stereocenters. The molecule has 2 aliphatic carbocycles. The van der Waals surface area contributed by atoms with Crippen molar-refractivity contribution in [2.24, 2.45) is 0 Å². The molecule has 4 aliphatic rings. The van der Waals surface area contributed by atoms with Crippen LogP contribution in [0, 0.1) is 0 Å². The number of rotatable bonds is 5. The molecule has 2 fully saturated rings. The van der Waals surface area contributed by atoms with Gasteiger partial charge in [0.05, 0.1) is 0 Å². The molecule has 2 heteroatoms. The van der Waals surface area contributed by atoms with Crippen molar-refractivity contribution in [1.82, 2.24) is 9.80 Å². The number of benzene rings is 2. The van der Waals surface area contributed by atoms with Gasteiger partial charge in [-0.05, 0) is 123 Å². The molecule has 2 heterocycles. The summed E-state index contributed by atoms with van der Waals surface area (Å²) < 4.78 is 0. The molecular weight excluding hydrogens is 412 g/mol. The van der Waals surface area contributed by atoms with Gasteiger partial charge in [0, 0.05) is 12.1 Å². The van der Waals surface area contributed by atoms with Gasteiger partial charge in [0.1, 0.15) is 0 Å². The summed E-state index contributed by atoms with van der Waals surface area (Å²) in [4.78, 5) is 5.06. The van der Waals surface area contributed by atoms with E-state index in [1.54, 1.807) is 5.57 Å². The lowest BCUT2D eigenvalue weighted by atomic mass is 9.86. The van der Waals surface area contributed by atoms with Crippen LogP contribution in [-0.2, 0) is 19.3 Å². The Hall–Kier alpha value is -2.42. The lowest BCUT2D eigenvalue weighted by molar-refractivity contribution is 0.309. The van der Waals surface area contributed by atoms with E-state index in [0.29, 0.717) is 6.04 Å². The third kappa shape index (κ3) is 4.34. The number of hydrogen-bond acceptors (Lipinski definition) is 2. The lowest BCUT2D eigenvalue weighted by Crippen LogP contribution is -2.26. The molecule has 2 aliphatic heterocycles. The third-order valence-electron chi connectivity index (χ3n) is 8.83. The van der Waals surface area contributed by atoms with Crippen molar-refractivity contribution >= 4 is 11.1 Å². The minimum Gasteiger partial charge on any atom is -0.303 e. The van der Waals surface area contributed by atoms with Crippen LogP contribution in [-0.4, -0.2) is 49.1 Å². The minimum atomic E-state index is 0.653. The van der Waals surface area contributed by atoms with Gasteiger partial charge >= 0.3 is 0 Å². The molecule has 2 aromatic rings. The number of nitrogens with zero attached hydrogens (tertiary/aromatic N) is 2. The monoisotopic (exact) mass is 450 g/mol. The van der Waals surface area contributed by atoms with Crippen LogP contribution in [0.15, 0.2) is 66.3 Å². The molecule has 2 saturated heterocycles. The molecule has 0 bridgehead atoms. The summed E-state index contributed by atoms with van der Waals surface area (Å²) in [5.74, 6) is 0. The second-order valence-electron chi connectivity index (χ2n) is 11.0. The van der Waals surface area contributed by atoms with E-state index in [0.717, 1.165) is 25.3 Å². The van der Waals surface area contributed by atoms with Crippen LogP contribution in [0.3, 0.4) is 0 Å². The standard InChI is InChI=1S/C32H38N2/c1-33-17-3-5-31(33)20-23-7-8-29-21-27(14-13-26(29)19-23)24-9-11-25(12-10-24)28-15-16-30(22-28)32-6-4-18-34(32)2/h7-12,14-16,19,31-32H,3-6,13,17-18,20-22H2,1-2H3. The van der Waals surface area contributed by atoms with Crippen LogP contribution < -0.4 is 0 Å². The number of fused-ring (bicyclic) bond motifs is 1. The van der Waals surface area contributed by atoms with E-state index in [4.69, 9.17) is 0 Å². The van der Waals surface area contributed by atoms with E-state index in [-0.39, 0.29) is 0 Å². The van der Waals surface area contributed by atoms with Gasteiger partial charge in [-0.15, -0.1) is 0 Å². The first-order valence-electron chi connectivity index (χ1n) is 13.3. The topological polar surface area (TPSA) is 6.48 Å². The summed E-state index contributed by atoms with van der Waals surface area (Å²) in [5.41, 5.74) is 11.9. The van der Waals surface area contributed by atoms with Crippen molar-refractivity contribution in [3.63, 3.8) is 0 Å². The van der Waals surface area contributed by atoms with Crippen LogP contribution in [0.5, 0.6) is 0 Å². The zero-order valence-corrected chi connectivity index (χ0v) is 20.9. The van der Waals surface area contributed by atoms with Crippen molar-refractivity contribution in [3.05, 3.63) is 94.1 Å². The van der Waals surface area contributed by atoms with E-state index in [2.05, 4.69) is 84.6 Å². The van der Waals surface area contributed by atoms with Gasteiger partial charge in [0.15, 0.2) is 0 Å². The first-order chi connectivity index (χ1) is 16.6. The lowest BCUT2D eigenvalue weighted by Gasteiger charge is -2.22. The molecule has 176 valence electrons. The molecule has 0 radical (unpaired) electrons. The molecule has 0 spiro atoms. The highest BCUT2D eigenvalue weighted by molar-refractivity contribution is 5.76. The average molecular weight is 451 g/mol. The molecule has 2 nitrogen and oxygen atoms in total. The Morgan fingerprint density at radius 2 is 1.53 bits per heavy atom. The molecule has 6 rings (SSSR count). The normalized spacial score (nSPS) is 25.3. The van der Waals surface area contributed by atoms with Crippen molar-refractivity contribution in [1.29, 1.82) is 0 Å². The van der Waals surface area contributed by atoms with E-state index in [9.17, 15) is 0 Å². The van der Waals surface area contributed by atoms with Gasteiger partial charge in [0.2, 0.25) is 0 Å². The molecular formula is C32H38N2. The Labute approximate surface area is 205 Å². The van der Waals surface area contributed by atoms with Crippen LogP contribution in [0.2, 0.25) is 0 Å². The van der Waals surface area contributed by atoms with E-state index in [1.807, 2.05) is 0 Å². The highest BCUT2D eigenvalue weighted by atomic mass is 15.1. The maximum absolute atomic E-state index is 2.53. The number of allylic oxidation sites excluding steroid dienone is 5. The third-order valence-corrected chi connectivity index (χ3v) is 8.83. The Morgan fingerprint density at radius 3 is 2.26 bits per heavy atom. The summed E-state index contributed by atoms with van der Waals surface area (Å²) in [5, 5.41) is 0. The van der Waals surface area contributed by atoms with E-state index >= 15 is 0 Å². The maximum atomic E-state index is 2.53. The summed E-state index contributed by atoms with van der Waals surface area (Å²) in [7, 11) is 4.56. The van der Waals surface area contributed by atoms with Gasteiger partial charge < -0.3 is 4.90 Å². The largest absolute Gasteiger partial charge is 0.303 e. The van der Waals surface area contributed by atoms with Crippen molar-refractivity contribution < 1.29 is 0 Å². The molecule has 0 saturated carbocycles. The van der Waals surface area contributed by atoms with Crippen LogP contribution >= 0.6 is 0 Å². The van der Waals surface area contributed by atoms with Gasteiger partial charge in [-0.25, -0.2) is 0 Å². The quantitative estimate of drug-likeness (QED) is 0.526. The van der Waals surface area contributed by atoms with E-state index in [1.165, 1.54) is 84.2 Å². The van der Waals surface area contributed by atoms with Crippen molar-refractivity contribution in [2.45, 2.75) is 63.5 Å². The Balaban J connectivity index is 1.10. The molecule has 0 N–H and O–H groups in total. The maximum Gasteiger partial charge on any atom is 0.0311 e. The second-order valence-corrected chi connectivity index (χ2v) is 11.0. The highest BCUT2D eigenvalue weighted by Crippen LogP contribution is 2.36. The number of hydrogen-bond donors (Lipinski definition) is 0. The molecule has 2 unspecified atom stereocenters. The zero-order valence-electron chi connectivity index (χ0n) is 20.9. The van der Waals surface area contributed by atoms with Crippen molar-refractivity contribution in [3.8, 4) is 0 Å². The fourth-order valence-corrected chi connectivity index (χ4v) is 6.66. The first-order valence-corrected chi connectivity index (χ1v) is 13.3. The predicted molar refractivity (Wildman–Crippen MR) is 144 cm³/mol. The predicted octanol–water partition coefficient (Wildman–Crippen LogP) is 6.31. The Kier molecular flexibility index (Phi) is 6.05. The molecule has 0 amide bonds. The van der Waals surface area contributed by atoms with Crippen molar-refractivity contribution in [2.75, 3.05) is 27.2 Å². The molecule has 0 aromatic heterocycles. The number of likely N-dealkylation sites (N-methyl/N-ethyl adjacent to an activating group) is 2.